The van der Waals surface area contributed by atoms with E-state index in [1.165, 1.54) is 0 Å². The number of nitrogens with one attached hydrogen (secondary N) is 1. The van der Waals surface area contributed by atoms with Gasteiger partial charge in [-0.1, -0.05) is 40.5 Å². The number of amides is 1. The third-order valence-electron chi connectivity index (χ3n) is 3.58. The molecule has 0 bridgehead atoms. The van der Waals surface area contributed by atoms with Crippen LogP contribution in [0.4, 0.5) is 0 Å². The van der Waals surface area contributed by atoms with Crippen molar-refractivity contribution in [3.05, 3.63) is 0 Å². The van der Waals surface area contributed by atoms with Crippen LogP contribution >= 0.6 is 0 Å². The van der Waals surface area contributed by atoms with E-state index >= 15 is 0 Å². The molecule has 0 aliphatic rings. The summed E-state index contributed by atoms with van der Waals surface area (Å²) in [5.74, 6) is 0.579. The molecule has 15 heavy (non-hydrogen) atoms. The first-order valence-corrected chi connectivity index (χ1v) is 5.93. The fourth-order valence-electron chi connectivity index (χ4n) is 1.51. The number of primary amides is 1. The highest BCUT2D eigenvalue weighted by Gasteiger charge is 2.34. The molecule has 0 spiro atoms. The summed E-state index contributed by atoms with van der Waals surface area (Å²) in [6, 6.07) is 0. The lowest BCUT2D eigenvalue weighted by Crippen LogP contribution is -2.57. The lowest BCUT2D eigenvalue weighted by atomic mass is 9.87. The second-order valence-corrected chi connectivity index (χ2v) is 4.78. The Morgan fingerprint density at radius 2 is 1.80 bits per heavy atom. The van der Waals surface area contributed by atoms with Gasteiger partial charge in [-0.2, -0.15) is 0 Å². The van der Waals surface area contributed by atoms with Crippen molar-refractivity contribution in [1.29, 1.82) is 0 Å². The van der Waals surface area contributed by atoms with E-state index in [-0.39, 0.29) is 11.8 Å². The van der Waals surface area contributed by atoms with Gasteiger partial charge in [0.1, 0.15) is 0 Å². The summed E-state index contributed by atoms with van der Waals surface area (Å²) in [6.45, 7) is 11.1. The predicted molar refractivity (Wildman–Crippen MR) is 64.5 cm³/mol. The van der Waals surface area contributed by atoms with E-state index in [1.807, 2.05) is 20.8 Å². The van der Waals surface area contributed by atoms with Crippen LogP contribution < -0.4 is 11.1 Å². The number of nitrogens with two attached hydrogens (primary N) is 1. The number of rotatable bonds is 7. The van der Waals surface area contributed by atoms with Crippen LogP contribution in [0.3, 0.4) is 0 Å². The maximum Gasteiger partial charge on any atom is 0.237 e. The van der Waals surface area contributed by atoms with Crippen molar-refractivity contribution in [2.24, 2.45) is 17.6 Å². The molecule has 0 heterocycles. The maximum absolute atomic E-state index is 11.4. The first-order chi connectivity index (χ1) is 6.88. The minimum atomic E-state index is -0.581. The van der Waals surface area contributed by atoms with Gasteiger partial charge in [0.05, 0.1) is 5.54 Å². The van der Waals surface area contributed by atoms with Crippen molar-refractivity contribution in [2.45, 2.75) is 53.0 Å². The molecule has 1 atom stereocenters. The molecule has 3 heteroatoms. The molecule has 0 radical (unpaired) electrons. The summed E-state index contributed by atoms with van der Waals surface area (Å²) in [6.07, 6.45) is 2.27. The molecule has 1 amide bonds. The number of carbonyl (C=O) groups excluding carboxylic acids is 1. The maximum atomic E-state index is 11.4. The summed E-state index contributed by atoms with van der Waals surface area (Å²) < 4.78 is 0. The van der Waals surface area contributed by atoms with Gasteiger partial charge in [-0.3, -0.25) is 4.79 Å². The van der Waals surface area contributed by atoms with Crippen molar-refractivity contribution >= 4 is 5.91 Å². The van der Waals surface area contributed by atoms with Gasteiger partial charge < -0.3 is 11.1 Å². The smallest absolute Gasteiger partial charge is 0.237 e. The van der Waals surface area contributed by atoms with Crippen LogP contribution in [0, 0.1) is 11.8 Å². The molecule has 0 aliphatic heterocycles. The van der Waals surface area contributed by atoms with Gasteiger partial charge in [-0.05, 0) is 25.3 Å². The average molecular weight is 214 g/mol. The summed E-state index contributed by atoms with van der Waals surface area (Å²) in [5, 5.41) is 3.32. The van der Waals surface area contributed by atoms with E-state index in [0.29, 0.717) is 5.92 Å². The van der Waals surface area contributed by atoms with E-state index in [1.54, 1.807) is 0 Å². The van der Waals surface area contributed by atoms with E-state index in [2.05, 4.69) is 19.2 Å². The molecule has 90 valence electrons. The Kier molecular flexibility index (Phi) is 5.88. The van der Waals surface area contributed by atoms with Gasteiger partial charge in [0.25, 0.3) is 0 Å². The normalized spacial score (nSPS) is 15.7. The second-order valence-electron chi connectivity index (χ2n) is 4.78. The zero-order valence-corrected chi connectivity index (χ0v) is 10.8. The quantitative estimate of drug-likeness (QED) is 0.680. The zero-order valence-electron chi connectivity index (χ0n) is 10.8. The molecule has 0 rings (SSSR count). The Labute approximate surface area is 93.8 Å². The minimum Gasteiger partial charge on any atom is -0.368 e. The Hall–Kier alpha value is -0.570. The highest BCUT2D eigenvalue weighted by atomic mass is 16.1. The molecule has 3 nitrogen and oxygen atoms in total. The fraction of sp³-hybridized carbons (Fsp3) is 0.917. The van der Waals surface area contributed by atoms with Crippen molar-refractivity contribution in [1.82, 2.24) is 5.32 Å². The van der Waals surface area contributed by atoms with Gasteiger partial charge in [0.15, 0.2) is 0 Å². The van der Waals surface area contributed by atoms with E-state index in [0.717, 1.165) is 19.4 Å². The largest absolute Gasteiger partial charge is 0.368 e. The molecule has 0 aromatic heterocycles. The lowest BCUT2D eigenvalue weighted by Gasteiger charge is -2.33. The molecule has 0 saturated carbocycles. The topological polar surface area (TPSA) is 55.1 Å². The van der Waals surface area contributed by atoms with Crippen molar-refractivity contribution in [3.8, 4) is 0 Å². The van der Waals surface area contributed by atoms with Gasteiger partial charge in [0, 0.05) is 0 Å². The molecule has 0 aromatic carbocycles. The van der Waals surface area contributed by atoms with Crippen molar-refractivity contribution in [3.63, 3.8) is 0 Å². The monoisotopic (exact) mass is 214 g/mol. The first kappa shape index (κ1) is 14.4. The fourth-order valence-corrected chi connectivity index (χ4v) is 1.51. The van der Waals surface area contributed by atoms with Gasteiger partial charge in [0.2, 0.25) is 5.91 Å². The molecule has 0 saturated heterocycles. The summed E-state index contributed by atoms with van der Waals surface area (Å²) in [5.41, 5.74) is 4.86. The highest BCUT2D eigenvalue weighted by molar-refractivity contribution is 5.84. The number of carbonyl (C=O) groups is 1. The van der Waals surface area contributed by atoms with Gasteiger partial charge in [-0.15, -0.1) is 0 Å². The minimum absolute atomic E-state index is 0.212. The predicted octanol–water partition coefficient (Wildman–Crippen LogP) is 1.91. The molecule has 0 fully saturated rings. The summed E-state index contributed by atoms with van der Waals surface area (Å²) >= 11 is 0. The lowest BCUT2D eigenvalue weighted by molar-refractivity contribution is -0.125. The third kappa shape index (κ3) is 3.82. The number of hydrogen-bond donors (Lipinski definition) is 2. The Morgan fingerprint density at radius 3 is 2.07 bits per heavy atom. The Morgan fingerprint density at radius 1 is 1.33 bits per heavy atom. The standard InChI is InChI=1S/C12H26N2O/c1-6-10(7-2)8-14-12(5,9(3)4)11(13)15/h9-10,14H,6-8H2,1-5H3,(H2,13,15). The molecule has 3 N–H and O–H groups in total. The average Bonchev–Trinajstić information content (AvgIpc) is 2.18. The van der Waals surface area contributed by atoms with Crippen LogP contribution in [0.1, 0.15) is 47.5 Å². The third-order valence-corrected chi connectivity index (χ3v) is 3.58. The van der Waals surface area contributed by atoms with Crippen LogP contribution in [-0.2, 0) is 4.79 Å². The van der Waals surface area contributed by atoms with Crippen LogP contribution in [-0.4, -0.2) is 18.0 Å². The molecule has 1 unspecified atom stereocenters. The van der Waals surface area contributed by atoms with Crippen molar-refractivity contribution in [2.75, 3.05) is 6.54 Å². The second kappa shape index (κ2) is 6.11. The summed E-state index contributed by atoms with van der Waals surface area (Å²) in [7, 11) is 0. The van der Waals surface area contributed by atoms with Crippen LogP contribution in [0.2, 0.25) is 0 Å². The Bertz CT molecular complexity index is 200. The van der Waals surface area contributed by atoms with Gasteiger partial charge in [-0.25, -0.2) is 0 Å². The SMILES string of the molecule is CCC(CC)CNC(C)(C(N)=O)C(C)C. The van der Waals surface area contributed by atoms with Crippen molar-refractivity contribution < 1.29 is 4.79 Å². The zero-order chi connectivity index (χ0) is 12.1. The van der Waals surface area contributed by atoms with E-state index < -0.39 is 5.54 Å². The first-order valence-electron chi connectivity index (χ1n) is 5.93. The van der Waals surface area contributed by atoms with Crippen LogP contribution in [0.25, 0.3) is 0 Å². The molecular formula is C12H26N2O. The molecule has 0 aliphatic carbocycles. The number of hydrogen-bond acceptors (Lipinski definition) is 2. The highest BCUT2D eigenvalue weighted by Crippen LogP contribution is 2.17. The Balaban J connectivity index is 4.37. The van der Waals surface area contributed by atoms with E-state index in [4.69, 9.17) is 5.73 Å². The molecular weight excluding hydrogens is 188 g/mol. The van der Waals surface area contributed by atoms with Crippen LogP contribution in [0.15, 0.2) is 0 Å². The van der Waals surface area contributed by atoms with E-state index in [9.17, 15) is 4.79 Å². The molecule has 0 aromatic rings. The van der Waals surface area contributed by atoms with Crippen LogP contribution in [0.5, 0.6) is 0 Å². The van der Waals surface area contributed by atoms with Gasteiger partial charge >= 0.3 is 0 Å². The summed E-state index contributed by atoms with van der Waals surface area (Å²) in [4.78, 5) is 11.4.